The predicted octanol–water partition coefficient (Wildman–Crippen LogP) is 6.72. The zero-order chi connectivity index (χ0) is 28.2. The van der Waals surface area contributed by atoms with Gasteiger partial charge in [0.2, 0.25) is 0 Å². The second-order valence-electron chi connectivity index (χ2n) is 9.03. The molecule has 0 radical (unpaired) electrons. The number of hydrogen-bond acceptors (Lipinski definition) is 6. The summed E-state index contributed by atoms with van der Waals surface area (Å²) in [4.78, 5) is 16.1. The van der Waals surface area contributed by atoms with Gasteiger partial charge in [0.05, 0.1) is 18.7 Å². The number of nitrogens with zero attached hydrogens (tertiary/aromatic N) is 1. The minimum absolute atomic E-state index is 0.0181. The van der Waals surface area contributed by atoms with Crippen molar-refractivity contribution in [1.82, 2.24) is 4.98 Å². The van der Waals surface area contributed by atoms with Crippen molar-refractivity contribution in [2.24, 2.45) is 5.73 Å². The van der Waals surface area contributed by atoms with Crippen LogP contribution in [0, 0.1) is 17.5 Å². The molecule has 0 atom stereocenters. The normalized spacial score (nSPS) is 11.1. The molecule has 0 amide bonds. The Balaban J connectivity index is 1.56. The monoisotopic (exact) mass is 546 g/mol. The zero-order valence-corrected chi connectivity index (χ0v) is 21.5. The van der Waals surface area contributed by atoms with Crippen molar-refractivity contribution in [2.75, 3.05) is 6.61 Å². The van der Waals surface area contributed by atoms with E-state index in [0.29, 0.717) is 39.0 Å². The zero-order valence-electron chi connectivity index (χ0n) is 21.5. The van der Waals surface area contributed by atoms with Gasteiger partial charge in [0.1, 0.15) is 35.3 Å². The first-order valence-corrected chi connectivity index (χ1v) is 12.6. The number of esters is 1. The lowest BCUT2D eigenvalue weighted by Crippen LogP contribution is -2.09. The molecule has 0 aliphatic rings. The van der Waals surface area contributed by atoms with E-state index in [0.717, 1.165) is 0 Å². The van der Waals surface area contributed by atoms with Gasteiger partial charge in [0.15, 0.2) is 5.82 Å². The SMILES string of the molecule is CCOC(=O)Cc1ccc(F)cc1OCc1cc(-c2ccnc(CN)c2F)c2oc(-c3ccc(F)cc3)cc2c1. The Morgan fingerprint density at radius 3 is 2.48 bits per heavy atom. The maximum absolute atomic E-state index is 15.4. The van der Waals surface area contributed by atoms with Crippen molar-refractivity contribution >= 4 is 16.9 Å². The van der Waals surface area contributed by atoms with Crippen LogP contribution in [-0.4, -0.2) is 17.6 Å². The number of aromatic nitrogens is 1. The van der Waals surface area contributed by atoms with E-state index < -0.39 is 17.6 Å². The van der Waals surface area contributed by atoms with Crippen molar-refractivity contribution in [3.05, 3.63) is 107 Å². The number of halogens is 3. The average molecular weight is 547 g/mol. The second-order valence-corrected chi connectivity index (χ2v) is 9.03. The topological polar surface area (TPSA) is 87.6 Å². The summed E-state index contributed by atoms with van der Waals surface area (Å²) in [6, 6.07) is 16.6. The highest BCUT2D eigenvalue weighted by molar-refractivity contribution is 5.95. The fraction of sp³-hybridized carbons (Fsp3) is 0.161. The van der Waals surface area contributed by atoms with E-state index in [1.54, 1.807) is 31.2 Å². The first-order chi connectivity index (χ1) is 19.4. The Labute approximate surface area is 228 Å². The number of carbonyl (C=O) groups excluding carboxylic acids is 1. The van der Waals surface area contributed by atoms with E-state index in [4.69, 9.17) is 19.6 Å². The van der Waals surface area contributed by atoms with Crippen LogP contribution in [0.15, 0.2) is 77.3 Å². The fourth-order valence-corrected chi connectivity index (χ4v) is 4.43. The van der Waals surface area contributed by atoms with Crippen molar-refractivity contribution in [2.45, 2.75) is 26.5 Å². The Bertz CT molecular complexity index is 1680. The van der Waals surface area contributed by atoms with Gasteiger partial charge in [-0.2, -0.15) is 0 Å². The molecule has 2 aromatic heterocycles. The first kappa shape index (κ1) is 27.0. The summed E-state index contributed by atoms with van der Waals surface area (Å²) in [5.41, 5.74) is 8.60. The number of carbonyl (C=O) groups is 1. The van der Waals surface area contributed by atoms with E-state index in [2.05, 4.69) is 4.98 Å². The first-order valence-electron chi connectivity index (χ1n) is 12.6. The molecule has 0 spiro atoms. The van der Waals surface area contributed by atoms with Gasteiger partial charge >= 0.3 is 5.97 Å². The van der Waals surface area contributed by atoms with Crippen molar-refractivity contribution in [3.63, 3.8) is 0 Å². The lowest BCUT2D eigenvalue weighted by Gasteiger charge is -2.13. The number of ether oxygens (including phenoxy) is 2. The van der Waals surface area contributed by atoms with Gasteiger partial charge in [-0.25, -0.2) is 13.2 Å². The highest BCUT2D eigenvalue weighted by Gasteiger charge is 2.19. The van der Waals surface area contributed by atoms with Crippen molar-refractivity contribution < 1.29 is 31.9 Å². The van der Waals surface area contributed by atoms with E-state index in [-0.39, 0.29) is 49.0 Å². The van der Waals surface area contributed by atoms with Crippen LogP contribution in [0.25, 0.3) is 33.4 Å². The summed E-state index contributed by atoms with van der Waals surface area (Å²) < 4.78 is 60.1. The van der Waals surface area contributed by atoms with Gasteiger partial charge in [-0.05, 0) is 67.1 Å². The maximum atomic E-state index is 15.4. The number of pyridine rings is 1. The van der Waals surface area contributed by atoms with Gasteiger partial charge in [-0.15, -0.1) is 0 Å². The molecule has 2 N–H and O–H groups in total. The van der Waals surface area contributed by atoms with Gasteiger partial charge in [0, 0.05) is 46.4 Å². The molecular weight excluding hydrogens is 521 g/mol. The van der Waals surface area contributed by atoms with Crippen LogP contribution in [0.5, 0.6) is 5.75 Å². The van der Waals surface area contributed by atoms with Crippen molar-refractivity contribution in [3.8, 4) is 28.2 Å². The molecule has 204 valence electrons. The molecule has 0 aliphatic carbocycles. The molecule has 0 saturated heterocycles. The molecule has 0 bridgehead atoms. The minimum atomic E-state index is -0.578. The molecule has 5 rings (SSSR count). The van der Waals surface area contributed by atoms with E-state index in [1.165, 1.54) is 42.6 Å². The molecule has 3 aromatic carbocycles. The molecule has 0 saturated carbocycles. The third-order valence-corrected chi connectivity index (χ3v) is 6.31. The molecule has 40 heavy (non-hydrogen) atoms. The fourth-order valence-electron chi connectivity index (χ4n) is 4.43. The molecule has 6 nitrogen and oxygen atoms in total. The van der Waals surface area contributed by atoms with Gasteiger partial charge in [-0.3, -0.25) is 9.78 Å². The molecule has 5 aromatic rings. The van der Waals surface area contributed by atoms with Crippen LogP contribution in [0.4, 0.5) is 13.2 Å². The molecule has 0 aliphatic heterocycles. The Kier molecular flexibility index (Phi) is 7.84. The molecule has 2 heterocycles. The van der Waals surface area contributed by atoms with E-state index >= 15 is 4.39 Å². The summed E-state index contributed by atoms with van der Waals surface area (Å²) in [5.74, 6) is -1.29. The molecule has 0 fully saturated rings. The van der Waals surface area contributed by atoms with Crippen molar-refractivity contribution in [1.29, 1.82) is 0 Å². The van der Waals surface area contributed by atoms with Crippen LogP contribution in [-0.2, 0) is 29.1 Å². The third kappa shape index (κ3) is 5.69. The lowest BCUT2D eigenvalue weighted by atomic mass is 10.00. The average Bonchev–Trinajstić information content (AvgIpc) is 3.38. The minimum Gasteiger partial charge on any atom is -0.488 e. The highest BCUT2D eigenvalue weighted by atomic mass is 19.1. The lowest BCUT2D eigenvalue weighted by molar-refractivity contribution is -0.142. The summed E-state index contributed by atoms with van der Waals surface area (Å²) in [7, 11) is 0. The number of fused-ring (bicyclic) bond motifs is 1. The summed E-state index contributed by atoms with van der Waals surface area (Å²) >= 11 is 0. The van der Waals surface area contributed by atoms with Crippen LogP contribution in [0.2, 0.25) is 0 Å². The molecule has 0 unspecified atom stereocenters. The smallest absolute Gasteiger partial charge is 0.310 e. The largest absolute Gasteiger partial charge is 0.488 e. The summed E-state index contributed by atoms with van der Waals surface area (Å²) in [6.07, 6.45) is 1.38. The van der Waals surface area contributed by atoms with Gasteiger partial charge in [0.25, 0.3) is 0 Å². The Morgan fingerprint density at radius 1 is 0.950 bits per heavy atom. The number of benzene rings is 3. The van der Waals surface area contributed by atoms with E-state index in [9.17, 15) is 13.6 Å². The highest BCUT2D eigenvalue weighted by Crippen LogP contribution is 2.37. The molecule has 9 heteroatoms. The van der Waals surface area contributed by atoms with Gasteiger partial charge < -0.3 is 19.6 Å². The second kappa shape index (κ2) is 11.6. The van der Waals surface area contributed by atoms with Crippen LogP contribution in [0.3, 0.4) is 0 Å². The number of rotatable bonds is 9. The van der Waals surface area contributed by atoms with Crippen LogP contribution in [0.1, 0.15) is 23.7 Å². The quantitative estimate of drug-likeness (QED) is 0.207. The molecular formula is C31H25F3N2O4. The van der Waals surface area contributed by atoms with E-state index in [1.807, 2.05) is 6.07 Å². The Hall–Kier alpha value is -4.63. The summed E-state index contributed by atoms with van der Waals surface area (Å²) in [5, 5.41) is 0.645. The predicted molar refractivity (Wildman–Crippen MR) is 144 cm³/mol. The number of furan rings is 1. The number of hydrogen-bond donors (Lipinski definition) is 1. The van der Waals surface area contributed by atoms with Gasteiger partial charge in [-0.1, -0.05) is 6.07 Å². The summed E-state index contributed by atoms with van der Waals surface area (Å²) in [6.45, 7) is 1.82. The maximum Gasteiger partial charge on any atom is 0.310 e. The van der Waals surface area contributed by atoms with Crippen LogP contribution >= 0.6 is 0 Å². The third-order valence-electron chi connectivity index (χ3n) is 6.31. The standard InChI is InChI=1S/C31H25F3N2O4/c1-2-38-29(37)14-20-5-8-23(33)15-27(20)39-17-18-11-21-13-28(19-3-6-22(32)7-4-19)40-31(21)25(12-18)24-9-10-36-26(16-35)30(24)34/h3-13,15H,2,14,16-17,35H2,1H3. The van der Waals surface area contributed by atoms with Crippen LogP contribution < -0.4 is 10.5 Å². The Morgan fingerprint density at radius 2 is 1.73 bits per heavy atom. The number of nitrogens with two attached hydrogens (primary N) is 1.